The molecule has 0 unspecified atom stereocenters. The Kier molecular flexibility index (Phi) is 5.15. The smallest absolute Gasteiger partial charge is 0.379 e. The van der Waals surface area contributed by atoms with Crippen molar-refractivity contribution < 1.29 is 28.0 Å². The number of rotatable bonds is 4. The molecule has 1 aromatic rings. The largest absolute Gasteiger partial charge is 0.423 e. The molecule has 1 aromatic carbocycles. The van der Waals surface area contributed by atoms with Crippen LogP contribution in [-0.2, 0) is 11.0 Å². The summed E-state index contributed by atoms with van der Waals surface area (Å²) in [5.74, 6) is -0.904. The number of anilines is 1. The van der Waals surface area contributed by atoms with Gasteiger partial charge in [-0.25, -0.2) is 0 Å². The van der Waals surface area contributed by atoms with Crippen LogP contribution in [0.25, 0.3) is 0 Å². The van der Waals surface area contributed by atoms with Crippen LogP contribution >= 0.6 is 22.6 Å². The Morgan fingerprint density at radius 3 is 2.48 bits per heavy atom. The number of halogens is 4. The lowest BCUT2D eigenvalue weighted by Crippen LogP contribution is -2.41. The highest BCUT2D eigenvalue weighted by Crippen LogP contribution is 2.37. The molecule has 0 saturated carbocycles. The first kappa shape index (κ1) is 17.6. The highest BCUT2D eigenvalue weighted by atomic mass is 125. The van der Waals surface area contributed by atoms with E-state index in [0.717, 1.165) is 6.07 Å². The molecule has 1 rings (SSSR count). The van der Waals surface area contributed by atoms with Crippen molar-refractivity contribution in [3.05, 3.63) is 33.9 Å². The molecule has 0 aliphatic heterocycles. The van der Waals surface area contributed by atoms with Gasteiger partial charge in [-0.1, -0.05) is 22.6 Å². The monoisotopic (exact) mass is 416 g/mol. The number of nitrogens with one attached hydrogen (secondary N) is 1. The summed E-state index contributed by atoms with van der Waals surface area (Å²) in [6, 6.07) is 2.07. The van der Waals surface area contributed by atoms with E-state index in [1.807, 2.05) is 0 Å². The zero-order valence-corrected chi connectivity index (χ0v) is 12.7. The predicted molar refractivity (Wildman–Crippen MR) is 76.2 cm³/mol. The lowest BCUT2D eigenvalue weighted by atomic mass is 10.1. The number of carbonyl (C=O) groups excluding carboxylic acids is 1. The molecular weight excluding hydrogens is 406 g/mol. The Balaban J connectivity index is 3.18. The van der Waals surface area contributed by atoms with Crippen LogP contribution in [0.3, 0.4) is 0 Å². The Hall–Kier alpha value is -1.43. The molecule has 0 bridgehead atoms. The third-order valence-corrected chi connectivity index (χ3v) is 3.99. The molecule has 116 valence electrons. The number of amides is 1. The predicted octanol–water partition coefficient (Wildman–Crippen LogP) is 2.74. The summed E-state index contributed by atoms with van der Waals surface area (Å²) in [5.41, 5.74) is -4.63. The summed E-state index contributed by atoms with van der Waals surface area (Å²) in [4.78, 5) is 21.1. The van der Waals surface area contributed by atoms with Crippen LogP contribution in [0.4, 0.5) is 24.5 Å². The molecule has 0 saturated heterocycles. The molecule has 0 aromatic heterocycles. The Bertz CT molecular complexity index is 575. The zero-order valence-electron chi connectivity index (χ0n) is 10.6. The Morgan fingerprint density at radius 2 is 2.05 bits per heavy atom. The van der Waals surface area contributed by atoms with E-state index < -0.39 is 33.9 Å². The van der Waals surface area contributed by atoms with Gasteiger partial charge in [0.1, 0.15) is 11.2 Å². The van der Waals surface area contributed by atoms with E-state index in [4.69, 9.17) is 0 Å². The maximum atomic E-state index is 12.8. The summed E-state index contributed by atoms with van der Waals surface area (Å²) in [6.45, 7) is 1.20. The van der Waals surface area contributed by atoms with E-state index in [9.17, 15) is 33.2 Å². The van der Waals surface area contributed by atoms with Crippen LogP contribution in [0.15, 0.2) is 18.2 Å². The van der Waals surface area contributed by atoms with Gasteiger partial charge in [0.05, 0.1) is 4.92 Å². The van der Waals surface area contributed by atoms with Crippen molar-refractivity contribution >= 4 is 39.9 Å². The summed E-state index contributed by atoms with van der Waals surface area (Å²) in [5, 5.41) is 22.4. The third kappa shape index (κ3) is 4.27. The van der Waals surface area contributed by atoms with Crippen LogP contribution in [0, 0.1) is 10.1 Å². The van der Waals surface area contributed by atoms with E-state index >= 15 is 0 Å². The van der Waals surface area contributed by atoms with E-state index in [1.54, 1.807) is 22.6 Å². The fourth-order valence-electron chi connectivity index (χ4n) is 1.33. The van der Waals surface area contributed by atoms with Crippen molar-refractivity contribution in [1.82, 2.24) is 0 Å². The average Bonchev–Trinajstić information content (AvgIpc) is 2.37. The fourth-order valence-corrected chi connectivity index (χ4v) is 1.67. The first-order chi connectivity index (χ1) is 9.49. The maximum Gasteiger partial charge on any atom is 0.423 e. The third-order valence-electron chi connectivity index (χ3n) is 2.51. The topological polar surface area (TPSA) is 92.5 Å². The van der Waals surface area contributed by atoms with Gasteiger partial charge in [0.2, 0.25) is 0 Å². The summed E-state index contributed by atoms with van der Waals surface area (Å²) >= 11 is 1.74. The van der Waals surface area contributed by atoms with Gasteiger partial charge in [-0.2, -0.15) is 13.2 Å². The van der Waals surface area contributed by atoms with E-state index in [1.165, 1.54) is 6.92 Å². The molecule has 6 nitrogen and oxygen atoms in total. The van der Waals surface area contributed by atoms with Crippen molar-refractivity contribution in [2.45, 2.75) is 18.7 Å². The van der Waals surface area contributed by atoms with Gasteiger partial charge in [0, 0.05) is 16.2 Å². The molecule has 0 heterocycles. The maximum absolute atomic E-state index is 12.8. The normalized spacial score (nSPS) is 14.4. The second-order valence-electron chi connectivity index (χ2n) is 4.35. The minimum absolute atomic E-state index is 0.0235. The van der Waals surface area contributed by atoms with Gasteiger partial charge in [0.25, 0.3) is 11.6 Å². The summed E-state index contributed by atoms with van der Waals surface area (Å²) in [7, 11) is 0. The van der Waals surface area contributed by atoms with E-state index in [2.05, 4.69) is 5.32 Å². The molecule has 10 heteroatoms. The van der Waals surface area contributed by atoms with Crippen LogP contribution in [0.2, 0.25) is 0 Å². The van der Waals surface area contributed by atoms with Gasteiger partial charge in [-0.05, 0) is 19.1 Å². The van der Waals surface area contributed by atoms with Gasteiger partial charge in [0.15, 0.2) is 0 Å². The molecule has 1 atom stereocenters. The van der Waals surface area contributed by atoms with E-state index in [0.29, 0.717) is 12.1 Å². The van der Waals surface area contributed by atoms with Crippen LogP contribution < -0.4 is 5.32 Å². The van der Waals surface area contributed by atoms with Gasteiger partial charge < -0.3 is 10.4 Å². The standard InChI is InChI=1S/C11H10F3IN2O4/c1-10(19,5-15)9(18)16-6-2-3-8(17(20)21)7(4-6)11(12,13)14/h2-4,19H,5H2,1H3,(H,16,18)/t10-/m0/s1/i15-2. The number of benzene rings is 1. The number of hydrogen-bond donors (Lipinski definition) is 2. The summed E-state index contributed by atoms with van der Waals surface area (Å²) in [6.07, 6.45) is -4.94. The Labute approximate surface area is 130 Å². The molecule has 1 amide bonds. The number of carbonyl (C=O) groups is 1. The first-order valence-electron chi connectivity index (χ1n) is 5.44. The summed E-state index contributed by atoms with van der Waals surface area (Å²) < 4.78 is 38.3. The second kappa shape index (κ2) is 6.13. The number of nitrogens with zero attached hydrogens (tertiary/aromatic N) is 1. The lowest BCUT2D eigenvalue weighted by Gasteiger charge is -2.19. The minimum atomic E-state index is -4.94. The molecular formula is C11H10F3IN2O4. The minimum Gasteiger partial charge on any atom is -0.379 e. The van der Waals surface area contributed by atoms with Crippen molar-refractivity contribution in [3.8, 4) is 0 Å². The second-order valence-corrected chi connectivity index (χ2v) is 5.11. The molecule has 0 radical (unpaired) electrons. The molecule has 21 heavy (non-hydrogen) atoms. The van der Waals surface area contributed by atoms with Crippen molar-refractivity contribution in [2.75, 3.05) is 9.74 Å². The van der Waals surface area contributed by atoms with Gasteiger partial charge in [-0.3, -0.25) is 14.9 Å². The van der Waals surface area contributed by atoms with Gasteiger partial charge >= 0.3 is 6.18 Å². The quantitative estimate of drug-likeness (QED) is 0.342. The van der Waals surface area contributed by atoms with Gasteiger partial charge in [-0.15, -0.1) is 0 Å². The molecule has 0 spiro atoms. The lowest BCUT2D eigenvalue weighted by molar-refractivity contribution is -0.388. The first-order valence-corrected chi connectivity index (χ1v) is 6.97. The number of alkyl halides is 4. The Morgan fingerprint density at radius 1 is 1.48 bits per heavy atom. The molecule has 0 aliphatic rings. The highest BCUT2D eigenvalue weighted by molar-refractivity contribution is 14.1. The number of nitro groups is 1. The average molecular weight is 416 g/mol. The van der Waals surface area contributed by atoms with Crippen molar-refractivity contribution in [2.24, 2.45) is 0 Å². The van der Waals surface area contributed by atoms with Crippen LogP contribution in [-0.4, -0.2) is 26.0 Å². The SMILES string of the molecule is C[C@](O)(C[125I])C(=O)Nc1ccc([N+](=O)[O-])c(C(F)(F)F)c1. The molecule has 0 aliphatic carbocycles. The van der Waals surface area contributed by atoms with Crippen molar-refractivity contribution in [3.63, 3.8) is 0 Å². The number of aliphatic hydroxyl groups is 1. The highest BCUT2D eigenvalue weighted by Gasteiger charge is 2.39. The number of hydrogen-bond acceptors (Lipinski definition) is 4. The van der Waals surface area contributed by atoms with E-state index in [-0.39, 0.29) is 10.1 Å². The fraction of sp³-hybridized carbons (Fsp3) is 0.364. The van der Waals surface area contributed by atoms with Crippen LogP contribution in [0.1, 0.15) is 12.5 Å². The van der Waals surface area contributed by atoms with Crippen molar-refractivity contribution in [1.29, 1.82) is 0 Å². The molecule has 0 fully saturated rings. The van der Waals surface area contributed by atoms with Crippen LogP contribution in [0.5, 0.6) is 0 Å². The number of nitro benzene ring substituents is 1. The molecule has 2 N–H and O–H groups in total. The zero-order chi connectivity index (χ0) is 16.4.